The molecular formula is C20H28ClN3O. The standard InChI is InChI=1S/C20H28ClN3O/c1-15(2)20-13-19(25-23-20)14-22-10-7-16-8-11-24(12-9-16)18-5-3-17(21)4-6-18/h3-6,13,15-16,22H,7-12,14H2,1-2H3. The molecule has 1 aliphatic rings. The third kappa shape index (κ3) is 5.23. The molecule has 5 heteroatoms. The zero-order valence-electron chi connectivity index (χ0n) is 15.2. The number of piperidine rings is 1. The third-order valence-corrected chi connectivity index (χ3v) is 5.26. The molecule has 3 rings (SSSR count). The van der Waals surface area contributed by atoms with E-state index in [1.807, 2.05) is 12.1 Å². The summed E-state index contributed by atoms with van der Waals surface area (Å²) in [7, 11) is 0. The lowest BCUT2D eigenvalue weighted by Gasteiger charge is -2.33. The molecular weight excluding hydrogens is 334 g/mol. The molecule has 0 aliphatic carbocycles. The minimum atomic E-state index is 0.420. The number of rotatable bonds is 7. The lowest BCUT2D eigenvalue weighted by molar-refractivity contribution is 0.349. The van der Waals surface area contributed by atoms with Gasteiger partial charge >= 0.3 is 0 Å². The van der Waals surface area contributed by atoms with Crippen molar-refractivity contribution in [1.29, 1.82) is 0 Å². The normalized spacial score (nSPS) is 15.9. The van der Waals surface area contributed by atoms with E-state index in [-0.39, 0.29) is 0 Å². The van der Waals surface area contributed by atoms with Crippen molar-refractivity contribution in [2.24, 2.45) is 5.92 Å². The van der Waals surface area contributed by atoms with Crippen LogP contribution in [0.1, 0.15) is 50.5 Å². The van der Waals surface area contributed by atoms with Gasteiger partial charge in [-0.25, -0.2) is 0 Å². The van der Waals surface area contributed by atoms with Crippen molar-refractivity contribution < 1.29 is 4.52 Å². The summed E-state index contributed by atoms with van der Waals surface area (Å²) < 4.78 is 5.36. The molecule has 0 radical (unpaired) electrons. The first-order valence-electron chi connectivity index (χ1n) is 9.28. The third-order valence-electron chi connectivity index (χ3n) is 5.00. The van der Waals surface area contributed by atoms with E-state index >= 15 is 0 Å². The first kappa shape index (κ1) is 18.3. The van der Waals surface area contributed by atoms with Crippen LogP contribution in [0, 0.1) is 5.92 Å². The van der Waals surface area contributed by atoms with Gasteiger partial charge in [0.15, 0.2) is 5.76 Å². The summed E-state index contributed by atoms with van der Waals surface area (Å²) in [5, 5.41) is 8.39. The summed E-state index contributed by atoms with van der Waals surface area (Å²) in [5.41, 5.74) is 2.32. The second-order valence-corrected chi connectivity index (χ2v) is 7.68. The molecule has 1 N–H and O–H groups in total. The number of anilines is 1. The predicted molar refractivity (Wildman–Crippen MR) is 103 cm³/mol. The topological polar surface area (TPSA) is 41.3 Å². The Morgan fingerprint density at radius 3 is 2.60 bits per heavy atom. The van der Waals surface area contributed by atoms with Crippen LogP contribution in [0.2, 0.25) is 5.02 Å². The van der Waals surface area contributed by atoms with Gasteiger partial charge in [-0.1, -0.05) is 30.6 Å². The highest BCUT2D eigenvalue weighted by Crippen LogP contribution is 2.26. The van der Waals surface area contributed by atoms with E-state index in [1.54, 1.807) is 0 Å². The minimum absolute atomic E-state index is 0.420. The average molecular weight is 362 g/mol. The fourth-order valence-electron chi connectivity index (χ4n) is 3.33. The van der Waals surface area contributed by atoms with Crippen molar-refractivity contribution in [2.45, 2.75) is 45.6 Å². The number of halogens is 1. The van der Waals surface area contributed by atoms with E-state index in [1.165, 1.54) is 24.9 Å². The Morgan fingerprint density at radius 2 is 1.96 bits per heavy atom. The molecule has 4 nitrogen and oxygen atoms in total. The summed E-state index contributed by atoms with van der Waals surface area (Å²) in [6.45, 7) is 8.32. The molecule has 1 fully saturated rings. The second kappa shape index (κ2) is 8.72. The van der Waals surface area contributed by atoms with Gasteiger partial charge in [-0.3, -0.25) is 0 Å². The smallest absolute Gasteiger partial charge is 0.150 e. The van der Waals surface area contributed by atoms with Crippen LogP contribution >= 0.6 is 11.6 Å². The quantitative estimate of drug-likeness (QED) is 0.716. The first-order valence-corrected chi connectivity index (χ1v) is 9.66. The molecule has 1 aliphatic heterocycles. The zero-order valence-corrected chi connectivity index (χ0v) is 15.9. The Labute approximate surface area is 155 Å². The fraction of sp³-hybridized carbons (Fsp3) is 0.550. The van der Waals surface area contributed by atoms with Crippen LogP contribution in [0.15, 0.2) is 34.9 Å². The Balaban J connectivity index is 1.34. The molecule has 0 unspecified atom stereocenters. The monoisotopic (exact) mass is 361 g/mol. The van der Waals surface area contributed by atoms with Gasteiger partial charge in [0, 0.05) is 29.9 Å². The number of hydrogen-bond acceptors (Lipinski definition) is 4. The highest BCUT2D eigenvalue weighted by atomic mass is 35.5. The number of benzene rings is 1. The summed E-state index contributed by atoms with van der Waals surface area (Å²) in [4.78, 5) is 2.46. The van der Waals surface area contributed by atoms with E-state index in [2.05, 4.69) is 47.4 Å². The van der Waals surface area contributed by atoms with Gasteiger partial charge in [-0.15, -0.1) is 0 Å². The molecule has 136 valence electrons. The van der Waals surface area contributed by atoms with Gasteiger partial charge in [-0.05, 0) is 61.9 Å². The molecule has 1 aromatic carbocycles. The lowest BCUT2D eigenvalue weighted by atomic mass is 9.93. The van der Waals surface area contributed by atoms with Crippen LogP contribution in [-0.4, -0.2) is 24.8 Å². The van der Waals surface area contributed by atoms with Crippen LogP contribution in [0.4, 0.5) is 5.69 Å². The molecule has 0 spiro atoms. The van der Waals surface area contributed by atoms with Gasteiger partial charge in [-0.2, -0.15) is 0 Å². The Kier molecular flexibility index (Phi) is 6.38. The van der Waals surface area contributed by atoms with Crippen LogP contribution in [0.3, 0.4) is 0 Å². The molecule has 0 atom stereocenters. The van der Waals surface area contributed by atoms with Crippen molar-refractivity contribution >= 4 is 17.3 Å². The Hall–Kier alpha value is -1.52. The zero-order chi connectivity index (χ0) is 17.6. The maximum Gasteiger partial charge on any atom is 0.150 e. The molecule has 2 aromatic rings. The van der Waals surface area contributed by atoms with Crippen molar-refractivity contribution in [3.05, 3.63) is 46.8 Å². The Bertz CT molecular complexity index is 645. The van der Waals surface area contributed by atoms with Crippen molar-refractivity contribution in [2.75, 3.05) is 24.5 Å². The lowest BCUT2D eigenvalue weighted by Crippen LogP contribution is -2.34. The first-order chi connectivity index (χ1) is 12.1. The van der Waals surface area contributed by atoms with E-state index in [0.717, 1.165) is 48.6 Å². The molecule has 0 saturated carbocycles. The van der Waals surface area contributed by atoms with Crippen molar-refractivity contribution in [1.82, 2.24) is 10.5 Å². The number of nitrogens with one attached hydrogen (secondary N) is 1. The molecule has 0 bridgehead atoms. The summed E-state index contributed by atoms with van der Waals surface area (Å²) in [6.07, 6.45) is 3.73. The van der Waals surface area contributed by atoms with Crippen LogP contribution in [0.5, 0.6) is 0 Å². The maximum atomic E-state index is 5.97. The van der Waals surface area contributed by atoms with Gasteiger partial charge in [0.25, 0.3) is 0 Å². The number of aromatic nitrogens is 1. The van der Waals surface area contributed by atoms with E-state index in [0.29, 0.717) is 5.92 Å². The SMILES string of the molecule is CC(C)c1cc(CNCCC2CCN(c3ccc(Cl)cc3)CC2)on1. The molecule has 25 heavy (non-hydrogen) atoms. The van der Waals surface area contributed by atoms with Crippen molar-refractivity contribution in [3.8, 4) is 0 Å². The average Bonchev–Trinajstić information content (AvgIpc) is 3.09. The highest BCUT2D eigenvalue weighted by molar-refractivity contribution is 6.30. The number of nitrogens with zero attached hydrogens (tertiary/aromatic N) is 2. The van der Waals surface area contributed by atoms with Gasteiger partial charge < -0.3 is 14.7 Å². The highest BCUT2D eigenvalue weighted by Gasteiger charge is 2.19. The van der Waals surface area contributed by atoms with Gasteiger partial charge in [0.2, 0.25) is 0 Å². The largest absolute Gasteiger partial charge is 0.372 e. The van der Waals surface area contributed by atoms with Crippen LogP contribution in [-0.2, 0) is 6.54 Å². The number of hydrogen-bond donors (Lipinski definition) is 1. The van der Waals surface area contributed by atoms with Crippen LogP contribution in [0.25, 0.3) is 0 Å². The molecule has 1 saturated heterocycles. The molecule has 0 amide bonds. The van der Waals surface area contributed by atoms with Gasteiger partial charge in [0.1, 0.15) is 0 Å². The summed E-state index contributed by atoms with van der Waals surface area (Å²) in [6, 6.07) is 10.2. The predicted octanol–water partition coefficient (Wildman–Crippen LogP) is 4.85. The summed E-state index contributed by atoms with van der Waals surface area (Å²) >= 11 is 5.97. The Morgan fingerprint density at radius 1 is 1.24 bits per heavy atom. The second-order valence-electron chi connectivity index (χ2n) is 7.25. The molecule has 2 heterocycles. The maximum absolute atomic E-state index is 5.97. The van der Waals surface area contributed by atoms with Crippen molar-refractivity contribution in [3.63, 3.8) is 0 Å². The molecule has 1 aromatic heterocycles. The summed E-state index contributed by atoms with van der Waals surface area (Å²) in [5.74, 6) is 2.15. The van der Waals surface area contributed by atoms with E-state index in [4.69, 9.17) is 16.1 Å². The minimum Gasteiger partial charge on any atom is -0.372 e. The van der Waals surface area contributed by atoms with E-state index in [9.17, 15) is 0 Å². The van der Waals surface area contributed by atoms with Gasteiger partial charge in [0.05, 0.1) is 12.2 Å². The van der Waals surface area contributed by atoms with Crippen LogP contribution < -0.4 is 10.2 Å². The van der Waals surface area contributed by atoms with E-state index < -0.39 is 0 Å². The fourth-order valence-corrected chi connectivity index (χ4v) is 3.46.